The van der Waals surface area contributed by atoms with Crippen molar-refractivity contribution in [2.24, 2.45) is 0 Å². The van der Waals surface area contributed by atoms with Gasteiger partial charge in [0.25, 0.3) is 5.91 Å². The summed E-state index contributed by atoms with van der Waals surface area (Å²) in [6, 6.07) is 19.9. The van der Waals surface area contributed by atoms with Crippen molar-refractivity contribution in [3.63, 3.8) is 0 Å². The highest BCUT2D eigenvalue weighted by Gasteiger charge is 2.24. The van der Waals surface area contributed by atoms with E-state index in [2.05, 4.69) is 20.7 Å². The van der Waals surface area contributed by atoms with Crippen LogP contribution in [0.25, 0.3) is 5.69 Å². The molecule has 4 rings (SSSR count). The average molecular weight is 488 g/mol. The lowest BCUT2D eigenvalue weighted by Crippen LogP contribution is -2.34. The van der Waals surface area contributed by atoms with Gasteiger partial charge < -0.3 is 15.4 Å². The molecule has 2 amide bonds. The van der Waals surface area contributed by atoms with Gasteiger partial charge in [-0.3, -0.25) is 14.6 Å². The van der Waals surface area contributed by atoms with Gasteiger partial charge in [0.1, 0.15) is 11.5 Å². The molecule has 0 aliphatic heterocycles. The number of aromatic nitrogens is 3. The van der Waals surface area contributed by atoms with Crippen molar-refractivity contribution in [1.82, 2.24) is 25.4 Å². The van der Waals surface area contributed by atoms with E-state index in [1.165, 1.54) is 30.0 Å². The summed E-state index contributed by atoms with van der Waals surface area (Å²) in [5.41, 5.74) is 2.64. The number of hydrogen-bond donors (Lipinski definition) is 2. The summed E-state index contributed by atoms with van der Waals surface area (Å²) in [6.45, 7) is 2.19. The fourth-order valence-electron chi connectivity index (χ4n) is 3.81. The number of aryl methyl sites for hydroxylation is 1. The molecule has 0 saturated heterocycles. The van der Waals surface area contributed by atoms with Crippen LogP contribution in [0.2, 0.25) is 0 Å². The molecule has 0 aliphatic rings. The standard InChI is InChI=1S/C27H26FN5O3/c1-18-9-3-4-11-20(18)22(15-25(34)30-17-19-10-7-8-14-29-19)31-27(35)23-16-26(36-2)33(32-23)24-13-6-5-12-21(24)28/h3-14,16,22H,15,17H2,1-2H3,(H,30,34)(H,31,35)/t22-/m0/s1. The lowest BCUT2D eigenvalue weighted by atomic mass is 9.98. The molecule has 0 saturated carbocycles. The zero-order valence-electron chi connectivity index (χ0n) is 19.9. The molecule has 2 N–H and O–H groups in total. The van der Waals surface area contributed by atoms with E-state index >= 15 is 0 Å². The molecular formula is C27H26FN5O3. The summed E-state index contributed by atoms with van der Waals surface area (Å²) in [7, 11) is 1.41. The quantitative estimate of drug-likeness (QED) is 0.373. The van der Waals surface area contributed by atoms with Crippen molar-refractivity contribution in [2.45, 2.75) is 25.9 Å². The molecule has 2 aromatic carbocycles. The number of rotatable bonds is 9. The first-order chi connectivity index (χ1) is 17.5. The minimum Gasteiger partial charge on any atom is -0.481 e. The fourth-order valence-corrected chi connectivity index (χ4v) is 3.81. The Morgan fingerprint density at radius 1 is 1.06 bits per heavy atom. The number of para-hydroxylation sites is 1. The number of amides is 2. The molecule has 0 bridgehead atoms. The highest BCUT2D eigenvalue weighted by Crippen LogP contribution is 2.24. The second kappa shape index (κ2) is 11.3. The molecule has 0 radical (unpaired) electrons. The zero-order valence-corrected chi connectivity index (χ0v) is 19.9. The SMILES string of the molecule is COc1cc(C(=O)N[C@@H](CC(=O)NCc2ccccn2)c2ccccc2C)nn1-c1ccccc1F. The molecule has 4 aromatic rings. The first-order valence-corrected chi connectivity index (χ1v) is 11.4. The van der Waals surface area contributed by atoms with Crippen LogP contribution in [0.4, 0.5) is 4.39 Å². The van der Waals surface area contributed by atoms with Crippen LogP contribution in [0.1, 0.15) is 39.8 Å². The largest absolute Gasteiger partial charge is 0.481 e. The number of carbonyl (C=O) groups excluding carboxylic acids is 2. The maximum Gasteiger partial charge on any atom is 0.272 e. The van der Waals surface area contributed by atoms with Gasteiger partial charge in [0.05, 0.1) is 31.8 Å². The summed E-state index contributed by atoms with van der Waals surface area (Å²) in [6.07, 6.45) is 1.67. The van der Waals surface area contributed by atoms with Gasteiger partial charge in [-0.25, -0.2) is 4.39 Å². The Hall–Kier alpha value is -4.53. The number of nitrogens with one attached hydrogen (secondary N) is 2. The smallest absolute Gasteiger partial charge is 0.272 e. The predicted molar refractivity (Wildman–Crippen MR) is 132 cm³/mol. The number of pyridine rings is 1. The monoisotopic (exact) mass is 487 g/mol. The van der Waals surface area contributed by atoms with E-state index in [-0.39, 0.29) is 36.1 Å². The average Bonchev–Trinajstić information content (AvgIpc) is 3.33. The van der Waals surface area contributed by atoms with Crippen molar-refractivity contribution in [2.75, 3.05) is 7.11 Å². The zero-order chi connectivity index (χ0) is 25.5. The van der Waals surface area contributed by atoms with Gasteiger partial charge in [-0.15, -0.1) is 0 Å². The molecule has 184 valence electrons. The highest BCUT2D eigenvalue weighted by molar-refractivity contribution is 5.93. The number of methoxy groups -OCH3 is 1. The molecule has 36 heavy (non-hydrogen) atoms. The Kier molecular flexibility index (Phi) is 7.69. The third kappa shape index (κ3) is 5.75. The maximum atomic E-state index is 14.4. The van der Waals surface area contributed by atoms with E-state index in [4.69, 9.17) is 4.74 Å². The van der Waals surface area contributed by atoms with Crippen LogP contribution >= 0.6 is 0 Å². The summed E-state index contributed by atoms with van der Waals surface area (Å²) in [4.78, 5) is 30.2. The van der Waals surface area contributed by atoms with Gasteiger partial charge in [-0.1, -0.05) is 42.5 Å². The van der Waals surface area contributed by atoms with Crippen molar-refractivity contribution in [1.29, 1.82) is 0 Å². The van der Waals surface area contributed by atoms with E-state index in [1.807, 2.05) is 43.3 Å². The van der Waals surface area contributed by atoms with E-state index < -0.39 is 17.8 Å². The minimum atomic E-state index is -0.618. The summed E-state index contributed by atoms with van der Waals surface area (Å²) < 4.78 is 20.9. The van der Waals surface area contributed by atoms with Crippen LogP contribution < -0.4 is 15.4 Å². The molecule has 1 atom stereocenters. The molecule has 9 heteroatoms. The molecule has 8 nitrogen and oxygen atoms in total. The molecule has 0 aliphatic carbocycles. The van der Waals surface area contributed by atoms with Crippen molar-refractivity contribution < 1.29 is 18.7 Å². The molecule has 2 heterocycles. The summed E-state index contributed by atoms with van der Waals surface area (Å²) in [5.74, 6) is -1.07. The van der Waals surface area contributed by atoms with Gasteiger partial charge in [0.15, 0.2) is 5.69 Å². The fraction of sp³-hybridized carbons (Fsp3) is 0.185. The lowest BCUT2D eigenvalue weighted by molar-refractivity contribution is -0.121. The Morgan fingerprint density at radius 3 is 2.53 bits per heavy atom. The Bertz CT molecular complexity index is 1360. The number of benzene rings is 2. The third-order valence-electron chi connectivity index (χ3n) is 5.65. The number of carbonyl (C=O) groups is 2. The topological polar surface area (TPSA) is 98.1 Å². The maximum absolute atomic E-state index is 14.4. The van der Waals surface area contributed by atoms with Crippen LogP contribution in [0.5, 0.6) is 5.88 Å². The lowest BCUT2D eigenvalue weighted by Gasteiger charge is -2.20. The first kappa shape index (κ1) is 24.6. The summed E-state index contributed by atoms with van der Waals surface area (Å²) >= 11 is 0. The van der Waals surface area contributed by atoms with Crippen molar-refractivity contribution >= 4 is 11.8 Å². The Morgan fingerprint density at radius 2 is 1.81 bits per heavy atom. The second-order valence-corrected chi connectivity index (χ2v) is 8.12. The van der Waals surface area contributed by atoms with Gasteiger partial charge >= 0.3 is 0 Å². The Balaban J connectivity index is 1.55. The van der Waals surface area contributed by atoms with E-state index in [0.717, 1.165) is 16.8 Å². The Labute approximate surface area is 208 Å². The number of ether oxygens (including phenoxy) is 1. The van der Waals surface area contributed by atoms with E-state index in [9.17, 15) is 14.0 Å². The van der Waals surface area contributed by atoms with Crippen LogP contribution in [0.3, 0.4) is 0 Å². The molecular weight excluding hydrogens is 461 g/mol. The molecule has 0 spiro atoms. The van der Waals surface area contributed by atoms with Gasteiger partial charge in [0, 0.05) is 12.3 Å². The van der Waals surface area contributed by atoms with Crippen LogP contribution in [-0.2, 0) is 11.3 Å². The number of halogens is 1. The van der Waals surface area contributed by atoms with Crippen molar-refractivity contribution in [3.05, 3.63) is 107 Å². The van der Waals surface area contributed by atoms with Crippen LogP contribution in [0.15, 0.2) is 79.0 Å². The molecule has 0 unspecified atom stereocenters. The van der Waals surface area contributed by atoms with Gasteiger partial charge in [0.2, 0.25) is 11.8 Å². The number of hydrogen-bond acceptors (Lipinski definition) is 5. The summed E-state index contributed by atoms with van der Waals surface area (Å²) in [5, 5.41) is 10.0. The van der Waals surface area contributed by atoms with Crippen LogP contribution in [0, 0.1) is 12.7 Å². The van der Waals surface area contributed by atoms with Gasteiger partial charge in [-0.2, -0.15) is 9.78 Å². The number of nitrogens with zero attached hydrogens (tertiary/aromatic N) is 3. The van der Waals surface area contributed by atoms with E-state index in [1.54, 1.807) is 24.4 Å². The second-order valence-electron chi connectivity index (χ2n) is 8.12. The highest BCUT2D eigenvalue weighted by atomic mass is 19.1. The van der Waals surface area contributed by atoms with E-state index in [0.29, 0.717) is 0 Å². The molecule has 2 aromatic heterocycles. The third-order valence-corrected chi connectivity index (χ3v) is 5.65. The van der Waals surface area contributed by atoms with Crippen molar-refractivity contribution in [3.8, 4) is 11.6 Å². The first-order valence-electron chi connectivity index (χ1n) is 11.4. The predicted octanol–water partition coefficient (Wildman–Crippen LogP) is 3.90. The normalized spacial score (nSPS) is 11.5. The molecule has 0 fully saturated rings. The van der Waals surface area contributed by atoms with Gasteiger partial charge in [-0.05, 0) is 42.3 Å². The van der Waals surface area contributed by atoms with Crippen LogP contribution in [-0.4, -0.2) is 33.7 Å². The minimum absolute atomic E-state index is 0.00852.